The maximum atomic E-state index is 3.51. The van der Waals surface area contributed by atoms with Gasteiger partial charge in [0.05, 0.1) is 0 Å². The molecule has 0 unspecified atom stereocenters. The zero-order valence-corrected chi connectivity index (χ0v) is 9.54. The van der Waals surface area contributed by atoms with E-state index in [1.54, 1.807) is 0 Å². The van der Waals surface area contributed by atoms with E-state index in [0.717, 1.165) is 0 Å². The van der Waals surface area contributed by atoms with Crippen LogP contribution in [0, 0.1) is 0 Å². The first kappa shape index (κ1) is 9.48. The molecule has 0 saturated carbocycles. The van der Waals surface area contributed by atoms with Crippen molar-refractivity contribution in [1.29, 1.82) is 0 Å². The van der Waals surface area contributed by atoms with Crippen molar-refractivity contribution in [1.82, 2.24) is 0 Å². The molecule has 0 aromatic rings. The van der Waals surface area contributed by atoms with Crippen molar-refractivity contribution in [2.24, 2.45) is 0 Å². The molecule has 0 N–H and O–H groups in total. The molecular formula is C3H6SnZn. The Morgan fingerprint density at radius 1 is 1.80 bits per heavy atom. The number of hydrogen-bond donors (Lipinski definition) is 0. The second-order valence-corrected chi connectivity index (χ2v) is 1.87. The first-order chi connectivity index (χ1) is 1.91. The van der Waals surface area contributed by atoms with E-state index in [1.807, 2.05) is 6.08 Å². The fourth-order valence-corrected chi connectivity index (χ4v) is 0. The molecule has 0 nitrogen and oxygen atoms in total. The third-order valence-electron chi connectivity index (χ3n) is 0.167. The maximum Gasteiger partial charge on any atom is 0 e. The average molecular weight is 226 g/mol. The van der Waals surface area contributed by atoms with E-state index in [9.17, 15) is 0 Å². The fourth-order valence-electron chi connectivity index (χ4n) is 0. The SMILES string of the molecule is C=C[CH2][SnH].[Zn]. The Morgan fingerprint density at radius 2 is 2.00 bits per heavy atom. The van der Waals surface area contributed by atoms with Gasteiger partial charge in [-0.05, 0) is 0 Å². The molecule has 2 heteroatoms. The van der Waals surface area contributed by atoms with E-state index in [2.05, 4.69) is 6.58 Å². The smallest absolute Gasteiger partial charge is 0 e. The minimum absolute atomic E-state index is 0. The molecule has 0 aromatic carbocycles. The van der Waals surface area contributed by atoms with Gasteiger partial charge in [0.15, 0.2) is 0 Å². The zero-order valence-electron chi connectivity index (χ0n) is 3.28. The predicted molar refractivity (Wildman–Crippen MR) is 22.2 cm³/mol. The van der Waals surface area contributed by atoms with Crippen LogP contribution in [0.2, 0.25) is 4.44 Å². The van der Waals surface area contributed by atoms with E-state index in [-0.39, 0.29) is 19.5 Å². The van der Waals surface area contributed by atoms with Gasteiger partial charge in [-0.1, -0.05) is 0 Å². The molecule has 0 spiro atoms. The summed E-state index contributed by atoms with van der Waals surface area (Å²) in [5.74, 6) is 0. The topological polar surface area (TPSA) is 0 Å². The van der Waals surface area contributed by atoms with Crippen LogP contribution in [0.3, 0.4) is 0 Å². The Bertz CT molecular complexity index is 20.9. The summed E-state index contributed by atoms with van der Waals surface area (Å²) < 4.78 is 1.21. The molecule has 0 amide bonds. The van der Waals surface area contributed by atoms with Crippen molar-refractivity contribution in [3.8, 4) is 0 Å². The molecular weight excluding hydrogens is 220 g/mol. The third kappa shape index (κ3) is 11.0. The van der Waals surface area contributed by atoms with Crippen LogP contribution in [0.15, 0.2) is 12.7 Å². The van der Waals surface area contributed by atoms with Crippen molar-refractivity contribution in [2.45, 2.75) is 4.44 Å². The van der Waals surface area contributed by atoms with E-state index >= 15 is 0 Å². The molecule has 0 heterocycles. The molecule has 5 heavy (non-hydrogen) atoms. The molecule has 0 rings (SSSR count). The van der Waals surface area contributed by atoms with Gasteiger partial charge in [0.2, 0.25) is 0 Å². The largest absolute Gasteiger partial charge is 0 e. The van der Waals surface area contributed by atoms with Crippen LogP contribution in [-0.2, 0) is 19.5 Å². The molecule has 0 aliphatic heterocycles. The predicted octanol–water partition coefficient (Wildman–Crippen LogP) is 0.489. The first-order valence-electron chi connectivity index (χ1n) is 1.22. The van der Waals surface area contributed by atoms with Gasteiger partial charge in [-0.3, -0.25) is 0 Å². The summed E-state index contributed by atoms with van der Waals surface area (Å²) in [5, 5.41) is 0. The molecule has 2 radical (unpaired) electrons. The molecule has 0 fully saturated rings. The van der Waals surface area contributed by atoms with Gasteiger partial charge in [0, 0.05) is 19.5 Å². The van der Waals surface area contributed by atoms with Crippen LogP contribution >= 0.6 is 0 Å². The molecule has 24 valence electrons. The van der Waals surface area contributed by atoms with Gasteiger partial charge in [0.1, 0.15) is 0 Å². The van der Waals surface area contributed by atoms with Crippen molar-refractivity contribution >= 4 is 22.5 Å². The van der Waals surface area contributed by atoms with Gasteiger partial charge < -0.3 is 0 Å². The minimum Gasteiger partial charge on any atom is 0 e. The van der Waals surface area contributed by atoms with Crippen LogP contribution in [0.25, 0.3) is 0 Å². The summed E-state index contributed by atoms with van der Waals surface area (Å²) in [5.41, 5.74) is 0. The quantitative estimate of drug-likeness (QED) is 0.451. The van der Waals surface area contributed by atoms with Gasteiger partial charge in [-0.2, -0.15) is 0 Å². The molecule has 0 aliphatic carbocycles. The summed E-state index contributed by atoms with van der Waals surface area (Å²) >= 11 is 1.32. The van der Waals surface area contributed by atoms with Gasteiger partial charge in [-0.15, -0.1) is 0 Å². The Balaban J connectivity index is 0. The van der Waals surface area contributed by atoms with Crippen LogP contribution in [0.1, 0.15) is 0 Å². The molecule has 0 saturated heterocycles. The monoisotopic (exact) mass is 226 g/mol. The molecule has 0 bridgehead atoms. The van der Waals surface area contributed by atoms with Crippen LogP contribution in [0.4, 0.5) is 0 Å². The fraction of sp³-hybridized carbons (Fsp3) is 0.333. The number of hydrogen-bond acceptors (Lipinski definition) is 0. The summed E-state index contributed by atoms with van der Waals surface area (Å²) in [6.07, 6.45) is 1.93. The normalized spacial score (nSPS) is 5.00. The third-order valence-corrected chi connectivity index (χ3v) is 1.12. The minimum atomic E-state index is 0. The zero-order chi connectivity index (χ0) is 3.41. The Hall–Kier alpha value is 1.16. The first-order valence-corrected chi connectivity index (χ1v) is 3.56. The summed E-state index contributed by atoms with van der Waals surface area (Å²) in [7, 11) is 0. The van der Waals surface area contributed by atoms with Crippen LogP contribution in [-0.4, -0.2) is 22.5 Å². The number of allylic oxidation sites excluding steroid dienone is 1. The van der Waals surface area contributed by atoms with E-state index in [4.69, 9.17) is 0 Å². The van der Waals surface area contributed by atoms with E-state index < -0.39 is 0 Å². The Morgan fingerprint density at radius 3 is 2.00 bits per heavy atom. The maximum absolute atomic E-state index is 3.51. The summed E-state index contributed by atoms with van der Waals surface area (Å²) in [4.78, 5) is 0. The molecule has 0 aliphatic rings. The van der Waals surface area contributed by atoms with Crippen molar-refractivity contribution < 1.29 is 19.5 Å². The van der Waals surface area contributed by atoms with Crippen molar-refractivity contribution in [3.63, 3.8) is 0 Å². The van der Waals surface area contributed by atoms with Crippen molar-refractivity contribution in [2.75, 3.05) is 0 Å². The Labute approximate surface area is 58.9 Å². The van der Waals surface area contributed by atoms with Crippen molar-refractivity contribution in [3.05, 3.63) is 12.7 Å². The standard InChI is InChI=1S/C3H5.Sn.Zn.H/c1-3-2;;;/h3H,1-2H2;;;. The van der Waals surface area contributed by atoms with Gasteiger partial charge in [-0.25, -0.2) is 0 Å². The average Bonchev–Trinajstić information content (AvgIpc) is 1.37. The summed E-state index contributed by atoms with van der Waals surface area (Å²) in [6.45, 7) is 3.51. The summed E-state index contributed by atoms with van der Waals surface area (Å²) in [6, 6.07) is 0. The van der Waals surface area contributed by atoms with Crippen LogP contribution in [0.5, 0.6) is 0 Å². The number of rotatable bonds is 1. The van der Waals surface area contributed by atoms with Gasteiger partial charge in [0.25, 0.3) is 0 Å². The Kier molecular flexibility index (Phi) is 17.0. The van der Waals surface area contributed by atoms with E-state index in [1.165, 1.54) is 27.0 Å². The second kappa shape index (κ2) is 8.94. The van der Waals surface area contributed by atoms with Gasteiger partial charge >= 0.3 is 39.6 Å². The molecule has 0 atom stereocenters. The van der Waals surface area contributed by atoms with E-state index in [0.29, 0.717) is 0 Å². The molecule has 0 aromatic heterocycles. The second-order valence-electron chi connectivity index (χ2n) is 0.524. The van der Waals surface area contributed by atoms with Crippen LogP contribution < -0.4 is 0 Å².